The largest absolute Gasteiger partial charge is 0.480 e. The molecule has 0 bridgehead atoms. The van der Waals surface area contributed by atoms with E-state index < -0.39 is 5.97 Å². The number of nitrogens with zero attached hydrogens (tertiary/aromatic N) is 1. The molecule has 0 aliphatic heterocycles. The summed E-state index contributed by atoms with van der Waals surface area (Å²) in [6.07, 6.45) is 7.33. The Bertz CT molecular complexity index is 454. The van der Waals surface area contributed by atoms with Gasteiger partial charge in [-0.15, -0.1) is 0 Å². The summed E-state index contributed by atoms with van der Waals surface area (Å²) in [5, 5.41) is 11.6. The Kier molecular flexibility index (Phi) is 3.27. The van der Waals surface area contributed by atoms with Gasteiger partial charge in [-0.2, -0.15) is 0 Å². The smallest absolute Gasteiger partial charge is 0.323 e. The van der Waals surface area contributed by atoms with Crippen molar-refractivity contribution in [3.8, 4) is 0 Å². The van der Waals surface area contributed by atoms with Crippen LogP contribution in [0.3, 0.4) is 0 Å². The summed E-state index contributed by atoms with van der Waals surface area (Å²) >= 11 is 0. The van der Waals surface area contributed by atoms with E-state index in [0.29, 0.717) is 5.69 Å². The van der Waals surface area contributed by atoms with Gasteiger partial charge in [-0.25, -0.2) is 0 Å². The van der Waals surface area contributed by atoms with E-state index in [1.165, 1.54) is 4.57 Å². The van der Waals surface area contributed by atoms with E-state index in [2.05, 4.69) is 5.32 Å². The number of carbonyl (C=O) groups excluding carboxylic acids is 1. The lowest BCUT2D eigenvalue weighted by Crippen LogP contribution is -2.34. The lowest BCUT2D eigenvalue weighted by Gasteiger charge is -2.13. The minimum Gasteiger partial charge on any atom is -0.480 e. The number of carboxylic acids is 1. The van der Waals surface area contributed by atoms with Gasteiger partial charge in [0.1, 0.15) is 12.2 Å². The molecular formula is C12H14N2O3. The molecule has 0 spiro atoms. The summed E-state index contributed by atoms with van der Waals surface area (Å²) in [5.41, 5.74) is 0.388. The van der Waals surface area contributed by atoms with Gasteiger partial charge in [-0.3, -0.25) is 9.59 Å². The second-order valence-corrected chi connectivity index (χ2v) is 4.03. The van der Waals surface area contributed by atoms with Crippen LogP contribution in [-0.2, 0) is 11.3 Å². The van der Waals surface area contributed by atoms with E-state index >= 15 is 0 Å². The highest BCUT2D eigenvalue weighted by Gasteiger charge is 2.17. The van der Waals surface area contributed by atoms with Gasteiger partial charge in [0.05, 0.1) is 0 Å². The molecule has 5 heteroatoms. The molecule has 1 aliphatic carbocycles. The van der Waals surface area contributed by atoms with Crippen molar-refractivity contribution in [1.82, 2.24) is 9.88 Å². The van der Waals surface area contributed by atoms with E-state index in [9.17, 15) is 9.59 Å². The molecule has 5 nitrogen and oxygen atoms in total. The minimum atomic E-state index is -0.960. The van der Waals surface area contributed by atoms with Gasteiger partial charge in [0.2, 0.25) is 0 Å². The maximum absolute atomic E-state index is 11.9. The van der Waals surface area contributed by atoms with E-state index in [1.807, 2.05) is 12.2 Å². The van der Waals surface area contributed by atoms with Crippen LogP contribution in [0.5, 0.6) is 0 Å². The zero-order valence-corrected chi connectivity index (χ0v) is 9.30. The van der Waals surface area contributed by atoms with Gasteiger partial charge in [-0.1, -0.05) is 12.2 Å². The number of hydrogen-bond acceptors (Lipinski definition) is 2. The van der Waals surface area contributed by atoms with Gasteiger partial charge in [0.25, 0.3) is 5.91 Å². The van der Waals surface area contributed by atoms with Gasteiger partial charge in [-0.05, 0) is 25.0 Å². The van der Waals surface area contributed by atoms with E-state index in [0.717, 1.165) is 12.8 Å². The molecule has 0 atom stereocenters. The summed E-state index contributed by atoms with van der Waals surface area (Å²) in [6.45, 7) is -0.196. The van der Waals surface area contributed by atoms with E-state index in [4.69, 9.17) is 5.11 Å². The summed E-state index contributed by atoms with van der Waals surface area (Å²) in [7, 11) is 0. The fraction of sp³-hybridized carbons (Fsp3) is 0.333. The summed E-state index contributed by atoms with van der Waals surface area (Å²) in [4.78, 5) is 22.5. The van der Waals surface area contributed by atoms with Crippen molar-refractivity contribution >= 4 is 11.9 Å². The predicted octanol–water partition coefficient (Wildman–Crippen LogP) is 1.02. The number of carboxylic acid groups (broad SMARTS) is 1. The van der Waals surface area contributed by atoms with Crippen LogP contribution in [0.4, 0.5) is 0 Å². The predicted molar refractivity (Wildman–Crippen MR) is 61.7 cm³/mol. The van der Waals surface area contributed by atoms with Crippen LogP contribution in [0.25, 0.3) is 0 Å². The first-order valence-corrected chi connectivity index (χ1v) is 5.49. The van der Waals surface area contributed by atoms with Crippen LogP contribution in [0.2, 0.25) is 0 Å². The van der Waals surface area contributed by atoms with Crippen molar-refractivity contribution in [1.29, 1.82) is 0 Å². The number of aliphatic carboxylic acids is 1. The Labute approximate surface area is 98.7 Å². The van der Waals surface area contributed by atoms with Crippen LogP contribution in [0.1, 0.15) is 23.3 Å². The number of aromatic nitrogens is 1. The third kappa shape index (κ3) is 2.75. The van der Waals surface area contributed by atoms with Crippen LogP contribution >= 0.6 is 0 Å². The fourth-order valence-electron chi connectivity index (χ4n) is 1.90. The third-order valence-corrected chi connectivity index (χ3v) is 2.71. The number of nitrogens with one attached hydrogen (secondary N) is 1. The molecule has 0 fully saturated rings. The van der Waals surface area contributed by atoms with Crippen molar-refractivity contribution in [2.75, 3.05) is 0 Å². The van der Waals surface area contributed by atoms with Crippen molar-refractivity contribution in [3.05, 3.63) is 36.2 Å². The minimum absolute atomic E-state index is 0.135. The Morgan fingerprint density at radius 2 is 2.12 bits per heavy atom. The second kappa shape index (κ2) is 4.86. The van der Waals surface area contributed by atoms with Crippen LogP contribution < -0.4 is 5.32 Å². The molecule has 0 unspecified atom stereocenters. The van der Waals surface area contributed by atoms with Crippen molar-refractivity contribution in [2.24, 2.45) is 0 Å². The molecule has 0 saturated heterocycles. The first-order chi connectivity index (χ1) is 8.16. The van der Waals surface area contributed by atoms with Crippen molar-refractivity contribution in [3.63, 3.8) is 0 Å². The normalized spacial score (nSPS) is 15.1. The van der Waals surface area contributed by atoms with Crippen molar-refractivity contribution in [2.45, 2.75) is 25.4 Å². The molecule has 2 N–H and O–H groups in total. The van der Waals surface area contributed by atoms with E-state index in [-0.39, 0.29) is 18.5 Å². The Balaban J connectivity index is 2.03. The Morgan fingerprint density at radius 3 is 2.76 bits per heavy atom. The average molecular weight is 234 g/mol. The monoisotopic (exact) mass is 234 g/mol. The zero-order chi connectivity index (χ0) is 12.3. The Hall–Kier alpha value is -2.04. The maximum atomic E-state index is 11.9. The molecule has 1 heterocycles. The maximum Gasteiger partial charge on any atom is 0.323 e. The summed E-state index contributed by atoms with van der Waals surface area (Å²) < 4.78 is 1.43. The highest BCUT2D eigenvalue weighted by atomic mass is 16.4. The first-order valence-electron chi connectivity index (χ1n) is 5.49. The molecular weight excluding hydrogens is 220 g/mol. The fourth-order valence-corrected chi connectivity index (χ4v) is 1.90. The van der Waals surface area contributed by atoms with Gasteiger partial charge >= 0.3 is 5.97 Å². The number of amides is 1. The summed E-state index contributed by atoms with van der Waals surface area (Å²) in [6, 6.07) is 3.43. The molecule has 90 valence electrons. The second-order valence-electron chi connectivity index (χ2n) is 4.03. The topological polar surface area (TPSA) is 71.3 Å². The molecule has 1 amide bonds. The lowest BCUT2D eigenvalue weighted by molar-refractivity contribution is -0.137. The number of hydrogen-bond donors (Lipinski definition) is 2. The molecule has 17 heavy (non-hydrogen) atoms. The number of carbonyl (C=O) groups is 2. The molecule has 0 radical (unpaired) electrons. The standard InChI is InChI=1S/C12H14N2O3/c15-11(16)8-14-7-3-6-10(14)12(17)13-9-4-1-2-5-9/h1-3,6-7,9H,4-5,8H2,(H,13,17)(H,15,16). The van der Waals surface area contributed by atoms with Crippen molar-refractivity contribution < 1.29 is 14.7 Å². The van der Waals surface area contributed by atoms with Crippen LogP contribution in [-0.4, -0.2) is 27.6 Å². The van der Waals surface area contributed by atoms with Gasteiger partial charge in [0.15, 0.2) is 0 Å². The van der Waals surface area contributed by atoms with Gasteiger partial charge < -0.3 is 15.0 Å². The quantitative estimate of drug-likeness (QED) is 0.764. The van der Waals surface area contributed by atoms with Gasteiger partial charge in [0, 0.05) is 12.2 Å². The van der Waals surface area contributed by atoms with Crippen LogP contribution in [0, 0.1) is 0 Å². The lowest BCUT2D eigenvalue weighted by atomic mass is 10.2. The average Bonchev–Trinajstić information content (AvgIpc) is 2.87. The van der Waals surface area contributed by atoms with Crippen LogP contribution in [0.15, 0.2) is 30.5 Å². The molecule has 2 rings (SSSR count). The molecule has 0 aromatic carbocycles. The Morgan fingerprint density at radius 1 is 1.41 bits per heavy atom. The molecule has 0 saturated carbocycles. The first kappa shape index (κ1) is 11.4. The molecule has 1 aromatic rings. The molecule has 1 aromatic heterocycles. The molecule has 1 aliphatic rings. The summed E-state index contributed by atoms with van der Waals surface area (Å²) in [5.74, 6) is -1.18. The van der Waals surface area contributed by atoms with E-state index in [1.54, 1.807) is 18.3 Å². The zero-order valence-electron chi connectivity index (χ0n) is 9.30. The SMILES string of the molecule is O=C(O)Cn1cccc1C(=O)NC1CC=CC1. The third-order valence-electron chi connectivity index (χ3n) is 2.71. The highest BCUT2D eigenvalue weighted by Crippen LogP contribution is 2.11. The number of rotatable bonds is 4. The highest BCUT2D eigenvalue weighted by molar-refractivity contribution is 5.93.